The highest BCUT2D eigenvalue weighted by Crippen LogP contribution is 2.24. The van der Waals surface area contributed by atoms with Crippen molar-refractivity contribution in [2.24, 2.45) is 7.05 Å². The van der Waals surface area contributed by atoms with Gasteiger partial charge in [0.2, 0.25) is 5.91 Å². The summed E-state index contributed by atoms with van der Waals surface area (Å²) in [6, 6.07) is 22.6. The first-order chi connectivity index (χ1) is 16.9. The second-order valence-electron chi connectivity index (χ2n) is 8.61. The van der Waals surface area contributed by atoms with E-state index in [-0.39, 0.29) is 11.8 Å². The number of amides is 1. The molecule has 4 rings (SSSR count). The molecular formula is C28H28N6O. The maximum Gasteiger partial charge on any atom is 0.247 e. The van der Waals surface area contributed by atoms with Crippen LogP contribution in [0.3, 0.4) is 0 Å². The lowest BCUT2D eigenvalue weighted by molar-refractivity contribution is -0.118. The Morgan fingerprint density at radius 2 is 1.80 bits per heavy atom. The zero-order valence-electron chi connectivity index (χ0n) is 20.1. The Hall–Kier alpha value is -4.28. The largest absolute Gasteiger partial charge is 0.309 e. The van der Waals surface area contributed by atoms with E-state index in [1.165, 1.54) is 0 Å². The number of aryl methyl sites for hydroxylation is 2. The third-order valence-corrected chi connectivity index (χ3v) is 5.99. The predicted molar refractivity (Wildman–Crippen MR) is 137 cm³/mol. The van der Waals surface area contributed by atoms with Crippen LogP contribution in [-0.4, -0.2) is 27.2 Å². The molecule has 1 amide bonds. The molecule has 0 aliphatic heterocycles. The maximum absolute atomic E-state index is 13.4. The molecule has 2 atom stereocenters. The molecular weight excluding hydrogens is 436 g/mol. The van der Waals surface area contributed by atoms with Gasteiger partial charge in [-0.3, -0.25) is 9.48 Å². The third kappa shape index (κ3) is 5.81. The van der Waals surface area contributed by atoms with Crippen molar-refractivity contribution in [3.63, 3.8) is 0 Å². The van der Waals surface area contributed by atoms with Crippen LogP contribution < -0.4 is 10.6 Å². The molecule has 0 aliphatic rings. The van der Waals surface area contributed by atoms with Gasteiger partial charge in [0.15, 0.2) is 0 Å². The van der Waals surface area contributed by atoms with E-state index < -0.39 is 6.04 Å². The van der Waals surface area contributed by atoms with Crippen LogP contribution in [-0.2, 0) is 11.8 Å². The molecule has 2 aromatic carbocycles. The van der Waals surface area contributed by atoms with Crippen molar-refractivity contribution >= 4 is 11.7 Å². The van der Waals surface area contributed by atoms with E-state index in [0.29, 0.717) is 17.9 Å². The van der Waals surface area contributed by atoms with Gasteiger partial charge in [-0.25, -0.2) is 4.98 Å². The number of pyridine rings is 1. The van der Waals surface area contributed by atoms with Crippen LogP contribution in [0.15, 0.2) is 79.1 Å². The number of benzene rings is 2. The fourth-order valence-electron chi connectivity index (χ4n) is 4.00. The van der Waals surface area contributed by atoms with Crippen LogP contribution in [0.2, 0.25) is 0 Å². The molecule has 7 heteroatoms. The van der Waals surface area contributed by atoms with Crippen molar-refractivity contribution in [2.45, 2.75) is 25.8 Å². The Morgan fingerprint density at radius 3 is 2.43 bits per heavy atom. The molecule has 0 aliphatic carbocycles. The molecule has 0 saturated carbocycles. The second-order valence-corrected chi connectivity index (χ2v) is 8.61. The van der Waals surface area contributed by atoms with Gasteiger partial charge in [0.25, 0.3) is 0 Å². The van der Waals surface area contributed by atoms with E-state index in [1.807, 2.05) is 86.9 Å². The van der Waals surface area contributed by atoms with Crippen molar-refractivity contribution < 1.29 is 4.79 Å². The fourth-order valence-corrected chi connectivity index (χ4v) is 4.00. The van der Waals surface area contributed by atoms with Gasteiger partial charge >= 0.3 is 0 Å². The Kier molecular flexibility index (Phi) is 7.34. The van der Waals surface area contributed by atoms with Crippen molar-refractivity contribution in [2.75, 3.05) is 11.9 Å². The number of hydrogen-bond acceptors (Lipinski definition) is 5. The first-order valence-electron chi connectivity index (χ1n) is 11.5. The number of nitriles is 1. The lowest BCUT2D eigenvalue weighted by atomic mass is 9.98. The number of nitrogens with one attached hydrogen (secondary N) is 2. The molecule has 35 heavy (non-hydrogen) atoms. The zero-order valence-corrected chi connectivity index (χ0v) is 20.1. The van der Waals surface area contributed by atoms with E-state index in [0.717, 1.165) is 27.9 Å². The van der Waals surface area contributed by atoms with E-state index in [2.05, 4.69) is 33.7 Å². The number of rotatable bonds is 8. The predicted octanol–water partition coefficient (Wildman–Crippen LogP) is 4.74. The Labute approximate surface area is 205 Å². The average molecular weight is 465 g/mol. The average Bonchev–Trinajstić information content (AvgIpc) is 3.30. The summed E-state index contributed by atoms with van der Waals surface area (Å²) in [4.78, 5) is 18.0. The number of carbonyl (C=O) groups excluding carboxylic acids is 1. The molecule has 2 heterocycles. The molecule has 4 aromatic rings. The quantitative estimate of drug-likeness (QED) is 0.393. The fraction of sp³-hybridized carbons (Fsp3) is 0.214. The maximum atomic E-state index is 13.4. The highest BCUT2D eigenvalue weighted by atomic mass is 16.2. The van der Waals surface area contributed by atoms with Crippen LogP contribution in [0.4, 0.5) is 5.82 Å². The van der Waals surface area contributed by atoms with Crippen molar-refractivity contribution in [3.05, 3.63) is 102 Å². The summed E-state index contributed by atoms with van der Waals surface area (Å²) in [6.45, 7) is 4.60. The Bertz CT molecular complexity index is 1340. The molecule has 2 aromatic heterocycles. The van der Waals surface area contributed by atoms with E-state index >= 15 is 0 Å². The molecule has 0 radical (unpaired) electrons. The number of anilines is 1. The van der Waals surface area contributed by atoms with Crippen molar-refractivity contribution in [3.8, 4) is 17.2 Å². The minimum absolute atomic E-state index is 0.154. The van der Waals surface area contributed by atoms with Gasteiger partial charge in [-0.2, -0.15) is 10.4 Å². The van der Waals surface area contributed by atoms with Crippen LogP contribution in [0.5, 0.6) is 0 Å². The summed E-state index contributed by atoms with van der Waals surface area (Å²) in [5.74, 6) is 0.480. The number of nitrogens with zero attached hydrogens (tertiary/aromatic N) is 4. The molecule has 1 unspecified atom stereocenters. The summed E-state index contributed by atoms with van der Waals surface area (Å²) >= 11 is 0. The molecule has 0 fully saturated rings. The Balaban J connectivity index is 1.49. The first-order valence-corrected chi connectivity index (χ1v) is 11.5. The monoisotopic (exact) mass is 464 g/mol. The van der Waals surface area contributed by atoms with Crippen LogP contribution in [0.25, 0.3) is 11.1 Å². The van der Waals surface area contributed by atoms with E-state index in [4.69, 9.17) is 5.26 Å². The van der Waals surface area contributed by atoms with Gasteiger partial charge in [0.1, 0.15) is 11.9 Å². The number of hydrogen-bond donors (Lipinski definition) is 2. The molecule has 2 N–H and O–H groups in total. The van der Waals surface area contributed by atoms with Gasteiger partial charge in [-0.05, 0) is 48.2 Å². The summed E-state index contributed by atoms with van der Waals surface area (Å²) in [6.07, 6.45) is 3.74. The van der Waals surface area contributed by atoms with Gasteiger partial charge in [-0.15, -0.1) is 0 Å². The summed E-state index contributed by atoms with van der Waals surface area (Å²) in [5, 5.41) is 19.6. The lowest BCUT2D eigenvalue weighted by Crippen LogP contribution is -2.35. The summed E-state index contributed by atoms with van der Waals surface area (Å²) < 4.78 is 1.75. The smallest absolute Gasteiger partial charge is 0.247 e. The normalized spacial score (nSPS) is 12.5. The van der Waals surface area contributed by atoms with E-state index in [9.17, 15) is 4.79 Å². The third-order valence-electron chi connectivity index (χ3n) is 5.99. The van der Waals surface area contributed by atoms with Gasteiger partial charge < -0.3 is 10.6 Å². The Morgan fingerprint density at radius 1 is 1.06 bits per heavy atom. The highest BCUT2D eigenvalue weighted by Gasteiger charge is 2.22. The van der Waals surface area contributed by atoms with E-state index in [1.54, 1.807) is 10.9 Å². The number of aromatic nitrogens is 3. The minimum atomic E-state index is -0.544. The molecule has 0 spiro atoms. The summed E-state index contributed by atoms with van der Waals surface area (Å²) in [5.41, 5.74) is 5.39. The van der Waals surface area contributed by atoms with Crippen molar-refractivity contribution in [1.82, 2.24) is 20.1 Å². The zero-order chi connectivity index (χ0) is 24.8. The van der Waals surface area contributed by atoms with Crippen LogP contribution in [0.1, 0.15) is 41.3 Å². The lowest BCUT2D eigenvalue weighted by Gasteiger charge is -2.21. The van der Waals surface area contributed by atoms with Crippen LogP contribution >= 0.6 is 0 Å². The molecule has 0 bridgehead atoms. The highest BCUT2D eigenvalue weighted by molar-refractivity contribution is 5.95. The van der Waals surface area contributed by atoms with Gasteiger partial charge in [0, 0.05) is 36.6 Å². The molecule has 0 saturated heterocycles. The molecule has 7 nitrogen and oxygen atoms in total. The van der Waals surface area contributed by atoms with Gasteiger partial charge in [0.05, 0.1) is 17.8 Å². The van der Waals surface area contributed by atoms with Crippen LogP contribution in [0, 0.1) is 18.3 Å². The second kappa shape index (κ2) is 10.8. The van der Waals surface area contributed by atoms with Gasteiger partial charge in [-0.1, -0.05) is 49.4 Å². The summed E-state index contributed by atoms with van der Waals surface area (Å²) in [7, 11) is 1.87. The topological polar surface area (TPSA) is 95.6 Å². The number of carbonyl (C=O) groups is 1. The standard InChI is InChI=1S/C28H28N6O/c1-19(22-11-9-21(15-29)10-12-22)16-30-27(23-7-5-4-6-8-23)28(35)33-26-14-13-25(20(2)32-26)24-17-31-34(3)18-24/h4-14,17-19,27,30H,16H2,1-3H3,(H,32,33,35)/t19?,27-/m0/s1. The minimum Gasteiger partial charge on any atom is -0.309 e. The SMILES string of the molecule is Cc1nc(NC(=O)[C@@H](NCC(C)c2ccc(C#N)cc2)c2ccccc2)ccc1-c1cnn(C)c1. The first kappa shape index (κ1) is 23.9. The van der Waals surface area contributed by atoms with Crippen molar-refractivity contribution in [1.29, 1.82) is 5.26 Å². The molecule has 176 valence electrons.